The van der Waals surface area contributed by atoms with Crippen molar-refractivity contribution in [2.75, 3.05) is 0 Å². The third-order valence-corrected chi connectivity index (χ3v) is 15.5. The first-order valence-corrected chi connectivity index (χ1v) is 25.7. The van der Waals surface area contributed by atoms with Crippen LogP contribution in [-0.2, 0) is 0 Å². The molecule has 0 saturated heterocycles. The van der Waals surface area contributed by atoms with Crippen LogP contribution in [0, 0.1) is 48.5 Å². The summed E-state index contributed by atoms with van der Waals surface area (Å²) in [5, 5.41) is 10.3. The van der Waals surface area contributed by atoms with E-state index < -0.39 is 0 Å². The van der Waals surface area contributed by atoms with Crippen LogP contribution in [0.2, 0.25) is 0 Å². The van der Waals surface area contributed by atoms with Crippen molar-refractivity contribution in [3.8, 4) is 22.3 Å². The van der Waals surface area contributed by atoms with Crippen LogP contribution in [0.15, 0.2) is 164 Å². The lowest BCUT2D eigenvalue weighted by molar-refractivity contribution is 1.31. The first kappa shape index (κ1) is 62.7. The first-order valence-electron chi connectivity index (χ1n) is 25.7. The van der Waals surface area contributed by atoms with Gasteiger partial charge in [-0.3, -0.25) is 0 Å². The van der Waals surface area contributed by atoms with Crippen molar-refractivity contribution in [2.45, 2.75) is 128 Å². The van der Waals surface area contributed by atoms with Crippen molar-refractivity contribution in [2.24, 2.45) is 0 Å². The summed E-state index contributed by atoms with van der Waals surface area (Å²) in [6.07, 6.45) is 8.75. The third-order valence-electron chi connectivity index (χ3n) is 15.5. The summed E-state index contributed by atoms with van der Waals surface area (Å²) in [5.41, 5.74) is 28.2. The molecule has 0 spiro atoms. The van der Waals surface area contributed by atoms with Crippen molar-refractivity contribution in [3.63, 3.8) is 0 Å². The molecule has 0 aliphatic heterocycles. The molecule has 0 amide bonds. The van der Waals surface area contributed by atoms with Crippen LogP contribution in [0.1, 0.15) is 157 Å². The molecule has 0 bridgehead atoms. The maximum atomic E-state index is 2.41. The van der Waals surface area contributed by atoms with Gasteiger partial charge in [0.2, 0.25) is 0 Å². The number of rotatable bonds is 9. The van der Waals surface area contributed by atoms with Gasteiger partial charge in [0.15, 0.2) is 0 Å². The summed E-state index contributed by atoms with van der Waals surface area (Å²) < 4.78 is 0. The van der Waals surface area contributed by atoms with Crippen LogP contribution < -0.4 is 0 Å². The van der Waals surface area contributed by atoms with Gasteiger partial charge in [0, 0.05) is 0 Å². The molecule has 0 fully saturated rings. The van der Waals surface area contributed by atoms with E-state index in [2.05, 4.69) is 265 Å². The second-order valence-corrected chi connectivity index (χ2v) is 20.7. The topological polar surface area (TPSA) is 0 Å². The Morgan fingerprint density at radius 1 is 0.308 bits per heavy atom. The number of hydrogen-bond acceptors (Lipinski definition) is 0. The molecule has 0 nitrogen and oxygen atoms in total. The standard InChI is InChI=1S/C72H66.6CH4/c1-13-14-54-17-22-56(23-18-54)50(9)52(11)66-38-49(8)67(39-48(66)7)53(12)51(10)57-24-19-55(20-25-57)21-26-58-40-59-27-29-61(41-63(59)37-46(58)5)71-64-31-15-44(3)36-70(64)72(65-32-16-43(2)35-69(65)71)62-30-28-60-34-45(4)33-47(6)68(60)42-62;;;;;;/h13-42H,1-12H3;6*1H4/b14-13?,26-21?,52-50+,53-51+;;;;;;. The lowest BCUT2D eigenvalue weighted by atomic mass is 9.84. The average Bonchev–Trinajstić information content (AvgIpc) is 3.39. The summed E-state index contributed by atoms with van der Waals surface area (Å²) in [7, 11) is 0. The Kier molecular flexibility index (Phi) is 20.6. The Hall–Kier alpha value is -7.80. The number of hydrogen-bond donors (Lipinski definition) is 0. The van der Waals surface area contributed by atoms with Gasteiger partial charge in [-0.2, -0.15) is 0 Å². The van der Waals surface area contributed by atoms with Crippen molar-refractivity contribution in [1.82, 2.24) is 0 Å². The van der Waals surface area contributed by atoms with E-state index in [1.54, 1.807) is 0 Å². The fraction of sp³-hybridized carbons (Fsp3) is 0.231. The Balaban J connectivity index is 0.00000219. The Bertz CT molecular complexity index is 3930. The highest BCUT2D eigenvalue weighted by Gasteiger charge is 2.19. The highest BCUT2D eigenvalue weighted by atomic mass is 14.2. The maximum absolute atomic E-state index is 2.41. The van der Waals surface area contributed by atoms with E-state index in [1.807, 2.05) is 0 Å². The van der Waals surface area contributed by atoms with Crippen molar-refractivity contribution in [3.05, 3.63) is 242 Å². The summed E-state index contributed by atoms with van der Waals surface area (Å²) >= 11 is 0. The maximum Gasteiger partial charge on any atom is -0.00260 e. The molecule has 10 aromatic carbocycles. The molecule has 0 atom stereocenters. The van der Waals surface area contributed by atoms with Crippen LogP contribution in [0.3, 0.4) is 0 Å². The van der Waals surface area contributed by atoms with Gasteiger partial charge < -0.3 is 0 Å². The summed E-state index contributed by atoms with van der Waals surface area (Å²) in [6, 6.07) is 60.1. The molecule has 0 radical (unpaired) electrons. The average molecular weight is 1030 g/mol. The van der Waals surface area contributed by atoms with Crippen molar-refractivity contribution >= 4 is 83.6 Å². The molecule has 10 rings (SSSR count). The second-order valence-electron chi connectivity index (χ2n) is 20.7. The molecule has 0 aromatic heterocycles. The smallest absolute Gasteiger partial charge is 0.00260 e. The van der Waals surface area contributed by atoms with Gasteiger partial charge in [-0.1, -0.05) is 225 Å². The SMILES string of the molecule is C.C.C.C.C.C.CC=Cc1ccc(/C(C)=C(\C)c2cc(C)c(/C(C)=C(\C)c3ccc(C=Cc4cc5ccc(-c6c7ccc(C)cc7c(-c7ccc8cc(C)cc(C)c8c7)c7ccc(C)cc67)cc5cc4C)cc3)cc2C)cc1. The Labute approximate surface area is 472 Å². The van der Waals surface area contributed by atoms with Crippen LogP contribution in [0.5, 0.6) is 0 Å². The third kappa shape index (κ3) is 12.0. The van der Waals surface area contributed by atoms with Gasteiger partial charge in [-0.25, -0.2) is 0 Å². The predicted octanol–water partition coefficient (Wildman–Crippen LogP) is 24.7. The highest BCUT2D eigenvalue weighted by molar-refractivity contribution is 6.22. The molecule has 78 heavy (non-hydrogen) atoms. The fourth-order valence-corrected chi connectivity index (χ4v) is 11.3. The molecule has 0 saturated carbocycles. The van der Waals surface area contributed by atoms with E-state index in [9.17, 15) is 0 Å². The molecule has 0 unspecified atom stereocenters. The minimum Gasteiger partial charge on any atom is -0.0871 e. The Morgan fingerprint density at radius 3 is 1.28 bits per heavy atom. The monoisotopic (exact) mass is 1030 g/mol. The zero-order valence-electron chi connectivity index (χ0n) is 44.3. The summed E-state index contributed by atoms with van der Waals surface area (Å²) in [5.74, 6) is 0. The van der Waals surface area contributed by atoms with E-state index in [4.69, 9.17) is 0 Å². The minimum absolute atomic E-state index is 0. The predicted molar refractivity (Wildman–Crippen MR) is 360 cm³/mol. The van der Waals surface area contributed by atoms with E-state index in [0.29, 0.717) is 0 Å². The van der Waals surface area contributed by atoms with Gasteiger partial charge in [-0.05, 0) is 250 Å². The van der Waals surface area contributed by atoms with Crippen molar-refractivity contribution < 1.29 is 0 Å². The molecule has 10 aromatic rings. The lowest BCUT2D eigenvalue weighted by Gasteiger charge is -2.20. The van der Waals surface area contributed by atoms with Crippen LogP contribution in [0.25, 0.3) is 106 Å². The van der Waals surface area contributed by atoms with E-state index >= 15 is 0 Å². The number of benzene rings is 10. The van der Waals surface area contributed by atoms with Gasteiger partial charge in [0.05, 0.1) is 0 Å². The number of fused-ring (bicyclic) bond motifs is 4. The zero-order valence-corrected chi connectivity index (χ0v) is 44.3. The fourth-order valence-electron chi connectivity index (χ4n) is 11.3. The summed E-state index contributed by atoms with van der Waals surface area (Å²) in [4.78, 5) is 0. The van der Waals surface area contributed by atoms with Crippen LogP contribution >= 0.6 is 0 Å². The molecule has 0 heteroatoms. The zero-order chi connectivity index (χ0) is 50.5. The normalized spacial score (nSPS) is 11.8. The molecule has 0 N–H and O–H groups in total. The van der Waals surface area contributed by atoms with E-state index in [-0.39, 0.29) is 44.6 Å². The minimum atomic E-state index is 0. The van der Waals surface area contributed by atoms with Gasteiger partial charge in [0.25, 0.3) is 0 Å². The van der Waals surface area contributed by atoms with Gasteiger partial charge in [0.1, 0.15) is 0 Å². The molecule has 402 valence electrons. The highest BCUT2D eigenvalue weighted by Crippen LogP contribution is 2.46. The summed E-state index contributed by atoms with van der Waals surface area (Å²) in [6.45, 7) is 26.7. The van der Waals surface area contributed by atoms with Crippen LogP contribution in [-0.4, -0.2) is 0 Å². The van der Waals surface area contributed by atoms with Gasteiger partial charge in [-0.15, -0.1) is 0 Å². The number of aryl methyl sites for hydroxylation is 7. The van der Waals surface area contributed by atoms with Gasteiger partial charge >= 0.3 is 0 Å². The molecular formula is C78H90. The van der Waals surface area contributed by atoms with Crippen LogP contribution in [0.4, 0.5) is 0 Å². The molecular weight excluding hydrogens is 937 g/mol. The molecule has 0 aliphatic rings. The first-order chi connectivity index (χ1) is 34.6. The largest absolute Gasteiger partial charge is 0.0871 e. The molecule has 0 heterocycles. The molecule has 0 aliphatic carbocycles. The quantitative estimate of drug-likeness (QED) is 0.0998. The van der Waals surface area contributed by atoms with E-state index in [0.717, 1.165) is 0 Å². The number of allylic oxidation sites excluding steroid dienone is 5. The lowest BCUT2D eigenvalue weighted by Crippen LogP contribution is -1.96. The van der Waals surface area contributed by atoms with E-state index in [1.165, 1.54) is 166 Å². The van der Waals surface area contributed by atoms with Crippen molar-refractivity contribution in [1.29, 1.82) is 0 Å². The Morgan fingerprint density at radius 2 is 0.782 bits per heavy atom. The second kappa shape index (κ2) is 25.6.